The molecule has 1 fully saturated rings. The summed E-state index contributed by atoms with van der Waals surface area (Å²) in [5, 5.41) is 32.5. The average Bonchev–Trinajstić information content (AvgIpc) is 3.26. The van der Waals surface area contributed by atoms with Crippen LogP contribution in [0, 0.1) is 31.6 Å². The molecule has 42 heavy (non-hydrogen) atoms. The van der Waals surface area contributed by atoms with Crippen LogP contribution in [0.1, 0.15) is 54.9 Å². The highest BCUT2D eigenvalue weighted by atomic mass is 16.3. The topological polar surface area (TPSA) is 98.1 Å². The van der Waals surface area contributed by atoms with Crippen LogP contribution in [0.3, 0.4) is 0 Å². The van der Waals surface area contributed by atoms with Gasteiger partial charge in [-0.1, -0.05) is 67.1 Å². The van der Waals surface area contributed by atoms with Crippen molar-refractivity contribution in [2.75, 3.05) is 11.5 Å². The van der Waals surface area contributed by atoms with Crippen molar-refractivity contribution in [2.45, 2.75) is 52.6 Å². The standard InChI is InChI=1S/C36H39NO5/c1-4-25-20-29-33(36(42)37(35(29)41)28-13-9-6-10-14-28)30(21-38)32(25)31(39)16-15-27(26-11-7-5-8-12-26)19-24-17-22(2)34(40)23(3)18-24/h5-14,17-19,29-31,33,38-40H,4,15-16,20-21H2,1-3H3/b27-19-/t29-,30+,31-,33-/m1/s1. The summed E-state index contributed by atoms with van der Waals surface area (Å²) in [4.78, 5) is 28.4. The number of hydrogen-bond acceptors (Lipinski definition) is 5. The molecule has 1 heterocycles. The number of carbonyl (C=O) groups excluding carboxylic acids is 2. The molecule has 6 nitrogen and oxygen atoms in total. The number of benzene rings is 3. The average molecular weight is 566 g/mol. The second kappa shape index (κ2) is 12.5. The van der Waals surface area contributed by atoms with E-state index in [9.17, 15) is 24.9 Å². The lowest BCUT2D eigenvalue weighted by atomic mass is 9.67. The molecular weight excluding hydrogens is 526 g/mol. The maximum atomic E-state index is 13.7. The molecule has 0 unspecified atom stereocenters. The van der Waals surface area contributed by atoms with E-state index in [1.807, 2.05) is 69.3 Å². The van der Waals surface area contributed by atoms with Crippen LogP contribution in [-0.2, 0) is 9.59 Å². The number of nitrogens with zero attached hydrogens (tertiary/aromatic N) is 1. The molecule has 3 aromatic carbocycles. The fourth-order valence-electron chi connectivity index (χ4n) is 6.80. The van der Waals surface area contributed by atoms with Gasteiger partial charge in [-0.05, 0) is 97.2 Å². The first-order chi connectivity index (χ1) is 20.2. The molecule has 4 atom stereocenters. The zero-order valence-corrected chi connectivity index (χ0v) is 24.5. The van der Waals surface area contributed by atoms with Gasteiger partial charge in [-0.15, -0.1) is 0 Å². The van der Waals surface area contributed by atoms with Crippen molar-refractivity contribution in [2.24, 2.45) is 17.8 Å². The Labute approximate surface area is 247 Å². The highest BCUT2D eigenvalue weighted by molar-refractivity contribution is 6.22. The molecule has 1 aliphatic heterocycles. The van der Waals surface area contributed by atoms with Crippen LogP contribution < -0.4 is 4.90 Å². The second-order valence-corrected chi connectivity index (χ2v) is 11.5. The number of aryl methyl sites for hydroxylation is 2. The third kappa shape index (κ3) is 5.57. The van der Waals surface area contributed by atoms with E-state index in [2.05, 4.69) is 6.08 Å². The molecule has 3 aromatic rings. The molecule has 0 radical (unpaired) electrons. The van der Waals surface area contributed by atoms with Gasteiger partial charge in [0.15, 0.2) is 0 Å². The number of rotatable bonds is 9. The SMILES string of the molecule is CCC1=C([C@H](O)CC/C(=C/c2cc(C)c(O)c(C)c2)c2ccccc2)[C@H](CO)[C@@H]2C(=O)N(c3ccccc3)C(=O)[C@@H]2C1. The van der Waals surface area contributed by atoms with Crippen LogP contribution in [0.25, 0.3) is 11.6 Å². The molecule has 1 saturated heterocycles. The molecular formula is C36H39NO5. The van der Waals surface area contributed by atoms with Gasteiger partial charge in [0.2, 0.25) is 11.8 Å². The van der Waals surface area contributed by atoms with Gasteiger partial charge in [0.05, 0.1) is 30.2 Å². The first kappa shape index (κ1) is 29.5. The van der Waals surface area contributed by atoms with Gasteiger partial charge < -0.3 is 15.3 Å². The zero-order valence-electron chi connectivity index (χ0n) is 24.5. The monoisotopic (exact) mass is 565 g/mol. The number of imide groups is 1. The number of anilines is 1. The van der Waals surface area contributed by atoms with E-state index in [1.165, 1.54) is 4.90 Å². The number of phenols is 1. The van der Waals surface area contributed by atoms with Gasteiger partial charge in [-0.3, -0.25) is 14.5 Å². The quantitative estimate of drug-likeness (QED) is 0.163. The van der Waals surface area contributed by atoms with E-state index in [-0.39, 0.29) is 18.4 Å². The van der Waals surface area contributed by atoms with E-state index >= 15 is 0 Å². The summed E-state index contributed by atoms with van der Waals surface area (Å²) < 4.78 is 0. The van der Waals surface area contributed by atoms with Crippen LogP contribution in [0.5, 0.6) is 5.75 Å². The highest BCUT2D eigenvalue weighted by Gasteiger charge is 2.55. The van der Waals surface area contributed by atoms with Gasteiger partial charge >= 0.3 is 0 Å². The van der Waals surface area contributed by atoms with Crippen LogP contribution >= 0.6 is 0 Å². The van der Waals surface area contributed by atoms with Crippen molar-refractivity contribution in [1.29, 1.82) is 0 Å². The minimum absolute atomic E-state index is 0.233. The number of para-hydroxylation sites is 1. The second-order valence-electron chi connectivity index (χ2n) is 11.5. The van der Waals surface area contributed by atoms with E-state index in [1.54, 1.807) is 24.3 Å². The summed E-state index contributed by atoms with van der Waals surface area (Å²) in [7, 11) is 0. The lowest BCUT2D eigenvalue weighted by Gasteiger charge is -2.36. The van der Waals surface area contributed by atoms with Crippen molar-refractivity contribution in [1.82, 2.24) is 0 Å². The summed E-state index contributed by atoms with van der Waals surface area (Å²) in [6, 6.07) is 22.8. The van der Waals surface area contributed by atoms with Gasteiger partial charge in [0.25, 0.3) is 0 Å². The Morgan fingerprint density at radius 2 is 1.60 bits per heavy atom. The van der Waals surface area contributed by atoms with E-state index in [0.717, 1.165) is 33.4 Å². The molecule has 6 heteroatoms. The first-order valence-electron chi connectivity index (χ1n) is 14.7. The molecule has 0 saturated carbocycles. The first-order valence-corrected chi connectivity index (χ1v) is 14.7. The Kier molecular flexibility index (Phi) is 8.76. The van der Waals surface area contributed by atoms with Crippen molar-refractivity contribution in [3.63, 3.8) is 0 Å². The summed E-state index contributed by atoms with van der Waals surface area (Å²) in [5.41, 5.74) is 6.84. The Bertz CT molecular complexity index is 1500. The normalized spacial score (nSPS) is 21.6. The molecule has 0 spiro atoms. The molecule has 0 bridgehead atoms. The van der Waals surface area contributed by atoms with E-state index < -0.39 is 23.9 Å². The number of aliphatic hydroxyl groups is 2. The fourth-order valence-corrected chi connectivity index (χ4v) is 6.80. The minimum Gasteiger partial charge on any atom is -0.507 e. The molecule has 2 aliphatic rings. The molecule has 5 rings (SSSR count). The summed E-state index contributed by atoms with van der Waals surface area (Å²) in [6.07, 6.45) is 3.21. The Morgan fingerprint density at radius 3 is 2.19 bits per heavy atom. The van der Waals surface area contributed by atoms with Crippen molar-refractivity contribution in [3.05, 3.63) is 106 Å². The molecule has 1 aliphatic carbocycles. The lowest BCUT2D eigenvalue weighted by molar-refractivity contribution is -0.123. The number of allylic oxidation sites excluding steroid dienone is 2. The largest absolute Gasteiger partial charge is 0.507 e. The van der Waals surface area contributed by atoms with Crippen molar-refractivity contribution in [3.8, 4) is 5.75 Å². The molecule has 3 N–H and O–H groups in total. The fraction of sp³-hybridized carbons (Fsp3) is 0.333. The number of hydrogen-bond donors (Lipinski definition) is 3. The Balaban J connectivity index is 1.44. The molecule has 2 amide bonds. The summed E-state index contributed by atoms with van der Waals surface area (Å²) in [6.45, 7) is 5.44. The van der Waals surface area contributed by atoms with Crippen molar-refractivity contribution < 1.29 is 24.9 Å². The predicted molar refractivity (Wildman–Crippen MR) is 166 cm³/mol. The van der Waals surface area contributed by atoms with Crippen LogP contribution in [0.4, 0.5) is 5.69 Å². The van der Waals surface area contributed by atoms with Gasteiger partial charge in [-0.2, -0.15) is 0 Å². The zero-order chi connectivity index (χ0) is 30.0. The van der Waals surface area contributed by atoms with Gasteiger partial charge in [0.1, 0.15) is 5.75 Å². The number of phenolic OH excluding ortho intramolecular Hbond substituents is 1. The Morgan fingerprint density at radius 1 is 0.976 bits per heavy atom. The number of aromatic hydroxyl groups is 1. The number of amides is 2. The van der Waals surface area contributed by atoms with Crippen LogP contribution in [0.15, 0.2) is 83.9 Å². The lowest BCUT2D eigenvalue weighted by Crippen LogP contribution is -2.39. The maximum Gasteiger partial charge on any atom is 0.238 e. The predicted octanol–water partition coefficient (Wildman–Crippen LogP) is 6.22. The van der Waals surface area contributed by atoms with Crippen molar-refractivity contribution >= 4 is 29.2 Å². The van der Waals surface area contributed by atoms with Crippen LogP contribution in [-0.4, -0.2) is 39.8 Å². The number of aliphatic hydroxyl groups excluding tert-OH is 2. The number of fused-ring (bicyclic) bond motifs is 1. The Hall–Kier alpha value is -4.00. The van der Waals surface area contributed by atoms with E-state index in [0.29, 0.717) is 42.7 Å². The molecule has 218 valence electrons. The van der Waals surface area contributed by atoms with E-state index in [4.69, 9.17) is 0 Å². The maximum absolute atomic E-state index is 13.7. The molecule has 0 aromatic heterocycles. The smallest absolute Gasteiger partial charge is 0.238 e. The third-order valence-corrected chi connectivity index (χ3v) is 8.87. The van der Waals surface area contributed by atoms with Crippen LogP contribution in [0.2, 0.25) is 0 Å². The highest BCUT2D eigenvalue weighted by Crippen LogP contribution is 2.48. The third-order valence-electron chi connectivity index (χ3n) is 8.87. The van der Waals surface area contributed by atoms with Gasteiger partial charge in [0, 0.05) is 5.92 Å². The van der Waals surface area contributed by atoms with Gasteiger partial charge in [-0.25, -0.2) is 0 Å². The summed E-state index contributed by atoms with van der Waals surface area (Å²) in [5.74, 6) is -2.11. The number of carbonyl (C=O) groups is 2. The summed E-state index contributed by atoms with van der Waals surface area (Å²) >= 11 is 0. The minimum atomic E-state index is -0.873.